The number of hydrogen-bond donors (Lipinski definition) is 2. The molecule has 1 aromatic carbocycles. The molecule has 0 aliphatic carbocycles. The predicted molar refractivity (Wildman–Crippen MR) is 76.7 cm³/mol. The Morgan fingerprint density at radius 2 is 2.09 bits per heavy atom. The minimum atomic E-state index is -4.19. The molecule has 0 fully saturated rings. The lowest BCUT2D eigenvalue weighted by molar-refractivity contribution is -0.384. The van der Waals surface area contributed by atoms with E-state index in [-0.39, 0.29) is 24.4 Å². The minimum Gasteiger partial charge on any atom is -0.383 e. The Bertz CT molecular complexity index is 621. The highest BCUT2D eigenvalue weighted by Crippen LogP contribution is 2.26. The highest BCUT2D eigenvalue weighted by molar-refractivity contribution is 6.34. The van der Waals surface area contributed by atoms with Gasteiger partial charge in [-0.3, -0.25) is 19.7 Å². The first-order chi connectivity index (χ1) is 10.7. The highest BCUT2D eigenvalue weighted by Gasteiger charge is 2.36. The maximum Gasteiger partial charge on any atom is 0.400 e. The van der Waals surface area contributed by atoms with Gasteiger partial charge in [0, 0.05) is 25.8 Å². The van der Waals surface area contributed by atoms with Crippen LogP contribution in [-0.4, -0.2) is 42.4 Å². The van der Waals surface area contributed by atoms with Gasteiger partial charge in [-0.2, -0.15) is 8.78 Å². The molecule has 8 nitrogen and oxygen atoms in total. The zero-order valence-electron chi connectivity index (χ0n) is 11.8. The highest BCUT2D eigenvalue weighted by atomic mass is 35.5. The van der Waals surface area contributed by atoms with E-state index in [1.54, 1.807) is 5.32 Å². The van der Waals surface area contributed by atoms with E-state index in [1.165, 1.54) is 7.11 Å². The van der Waals surface area contributed by atoms with E-state index in [4.69, 9.17) is 4.74 Å². The van der Waals surface area contributed by atoms with Gasteiger partial charge >= 0.3 is 11.3 Å². The molecular formula is C12H12ClF2N3O5. The molecule has 0 aliphatic rings. The van der Waals surface area contributed by atoms with Crippen molar-refractivity contribution in [2.24, 2.45) is 0 Å². The summed E-state index contributed by atoms with van der Waals surface area (Å²) in [5.41, 5.74) is -1.14. The lowest BCUT2D eigenvalue weighted by Crippen LogP contribution is -2.32. The Balaban J connectivity index is 3.11. The maximum atomic E-state index is 12.7. The molecule has 126 valence electrons. The molecule has 0 spiro atoms. The molecular weight excluding hydrogens is 340 g/mol. The molecule has 11 heteroatoms. The van der Waals surface area contributed by atoms with E-state index in [2.05, 4.69) is 16.9 Å². The monoisotopic (exact) mass is 351 g/mol. The fourth-order valence-corrected chi connectivity index (χ4v) is 1.54. The maximum absolute atomic E-state index is 12.7. The van der Waals surface area contributed by atoms with Crippen LogP contribution >= 0.6 is 11.6 Å². The molecule has 0 saturated carbocycles. The van der Waals surface area contributed by atoms with Crippen molar-refractivity contribution in [3.63, 3.8) is 0 Å². The van der Waals surface area contributed by atoms with Crippen LogP contribution in [0.1, 0.15) is 10.4 Å². The van der Waals surface area contributed by atoms with Crippen LogP contribution in [0.3, 0.4) is 0 Å². The van der Waals surface area contributed by atoms with Gasteiger partial charge in [-0.1, -0.05) is 0 Å². The molecule has 0 aliphatic heterocycles. The first-order valence-electron chi connectivity index (χ1n) is 6.10. The first kappa shape index (κ1) is 18.7. The molecule has 1 aromatic rings. The van der Waals surface area contributed by atoms with Crippen molar-refractivity contribution >= 4 is 34.8 Å². The van der Waals surface area contributed by atoms with E-state index < -0.39 is 27.8 Å². The Hall–Kier alpha value is -2.33. The van der Waals surface area contributed by atoms with Crippen LogP contribution in [0.2, 0.25) is 0 Å². The number of rotatable bonds is 7. The smallest absolute Gasteiger partial charge is 0.383 e. The number of alkyl halides is 3. The van der Waals surface area contributed by atoms with E-state index in [0.717, 1.165) is 18.2 Å². The summed E-state index contributed by atoms with van der Waals surface area (Å²) in [4.78, 5) is 33.2. The number of benzene rings is 1. The Labute approximate surface area is 133 Å². The summed E-state index contributed by atoms with van der Waals surface area (Å²) in [5, 5.41) is 10.7. The number of nitro benzene ring substituents is 1. The van der Waals surface area contributed by atoms with Gasteiger partial charge < -0.3 is 15.4 Å². The number of nitrogens with one attached hydrogen (secondary N) is 2. The number of non-ortho nitro benzene ring substituents is 1. The van der Waals surface area contributed by atoms with Gasteiger partial charge in [0.1, 0.15) is 0 Å². The van der Waals surface area contributed by atoms with Gasteiger partial charge in [-0.25, -0.2) is 0 Å². The van der Waals surface area contributed by atoms with Gasteiger partial charge in [0.2, 0.25) is 0 Å². The summed E-state index contributed by atoms with van der Waals surface area (Å²) in [6.07, 6.45) is 0. The predicted octanol–water partition coefficient (Wildman–Crippen LogP) is 1.74. The van der Waals surface area contributed by atoms with E-state index in [0.29, 0.717) is 0 Å². The van der Waals surface area contributed by atoms with Crippen LogP contribution in [-0.2, 0) is 9.53 Å². The molecule has 0 atom stereocenters. The lowest BCUT2D eigenvalue weighted by Gasteiger charge is -2.13. The molecule has 0 bridgehead atoms. The number of amides is 2. The zero-order chi connectivity index (χ0) is 17.6. The normalized spacial score (nSPS) is 11.0. The third-order valence-corrected chi connectivity index (χ3v) is 2.73. The number of anilines is 1. The molecule has 2 N–H and O–H groups in total. The van der Waals surface area contributed by atoms with Gasteiger partial charge in [0.05, 0.1) is 22.8 Å². The Morgan fingerprint density at radius 1 is 1.43 bits per heavy atom. The van der Waals surface area contributed by atoms with Crippen LogP contribution < -0.4 is 10.6 Å². The second-order valence-corrected chi connectivity index (χ2v) is 4.66. The molecule has 23 heavy (non-hydrogen) atoms. The lowest BCUT2D eigenvalue weighted by atomic mass is 10.1. The number of halogens is 3. The van der Waals surface area contributed by atoms with E-state index >= 15 is 0 Å². The largest absolute Gasteiger partial charge is 0.400 e. The number of carbonyl (C=O) groups excluding carboxylic acids is 2. The molecule has 0 saturated heterocycles. The minimum absolute atomic E-state index is 0.0804. The quantitative estimate of drug-likeness (QED) is 0.336. The SMILES string of the molecule is COCCNC(=O)c1cc([N+](=O)[O-])ccc1NC(=O)C(F)(F)Cl. The van der Waals surface area contributed by atoms with Crippen molar-refractivity contribution in [2.75, 3.05) is 25.6 Å². The van der Waals surface area contributed by atoms with Crippen LogP contribution in [0, 0.1) is 10.1 Å². The van der Waals surface area contributed by atoms with Gasteiger partial charge in [0.25, 0.3) is 11.6 Å². The Kier molecular flexibility index (Phi) is 6.34. The standard InChI is InChI=1S/C12H12ClF2N3O5/c1-23-5-4-16-10(19)8-6-7(18(21)22)2-3-9(8)17-11(20)12(13,14)15/h2-3,6H,4-5H2,1H3,(H,16,19)(H,17,20). The number of nitro groups is 1. The Morgan fingerprint density at radius 3 is 2.61 bits per heavy atom. The molecule has 0 radical (unpaired) electrons. The van der Waals surface area contributed by atoms with Crippen LogP contribution in [0.25, 0.3) is 0 Å². The van der Waals surface area contributed by atoms with Crippen molar-refractivity contribution in [1.29, 1.82) is 0 Å². The molecule has 0 aromatic heterocycles. The number of nitrogens with zero attached hydrogens (tertiary/aromatic N) is 1. The average molecular weight is 352 g/mol. The van der Waals surface area contributed by atoms with Crippen molar-refractivity contribution in [3.05, 3.63) is 33.9 Å². The fourth-order valence-electron chi connectivity index (χ4n) is 1.50. The summed E-state index contributed by atoms with van der Waals surface area (Å²) in [7, 11) is 1.40. The third-order valence-electron chi connectivity index (χ3n) is 2.56. The summed E-state index contributed by atoms with van der Waals surface area (Å²) in [6, 6.07) is 2.77. The van der Waals surface area contributed by atoms with Crippen molar-refractivity contribution in [1.82, 2.24) is 5.32 Å². The first-order valence-corrected chi connectivity index (χ1v) is 6.48. The summed E-state index contributed by atoms with van der Waals surface area (Å²) >= 11 is 4.58. The molecule has 1 rings (SSSR count). The molecule has 0 unspecified atom stereocenters. The van der Waals surface area contributed by atoms with Crippen molar-refractivity contribution < 1.29 is 28.0 Å². The number of carbonyl (C=O) groups is 2. The summed E-state index contributed by atoms with van der Waals surface area (Å²) < 4.78 is 30.2. The van der Waals surface area contributed by atoms with Crippen molar-refractivity contribution in [2.45, 2.75) is 5.38 Å². The molecule has 2 amide bonds. The van der Waals surface area contributed by atoms with E-state index in [9.17, 15) is 28.5 Å². The second-order valence-electron chi connectivity index (χ2n) is 4.19. The molecule has 0 heterocycles. The van der Waals surface area contributed by atoms with Crippen LogP contribution in [0.5, 0.6) is 0 Å². The number of ether oxygens (including phenoxy) is 1. The van der Waals surface area contributed by atoms with Crippen LogP contribution in [0.15, 0.2) is 18.2 Å². The van der Waals surface area contributed by atoms with Crippen molar-refractivity contribution in [3.8, 4) is 0 Å². The second kappa shape index (κ2) is 7.79. The van der Waals surface area contributed by atoms with Gasteiger partial charge in [0.15, 0.2) is 0 Å². The zero-order valence-corrected chi connectivity index (χ0v) is 12.5. The van der Waals surface area contributed by atoms with Gasteiger partial charge in [-0.05, 0) is 17.7 Å². The van der Waals surface area contributed by atoms with Gasteiger partial charge in [-0.15, -0.1) is 0 Å². The number of hydrogen-bond acceptors (Lipinski definition) is 5. The summed E-state index contributed by atoms with van der Waals surface area (Å²) in [5.74, 6) is -2.67. The summed E-state index contributed by atoms with van der Waals surface area (Å²) in [6.45, 7) is 0.249. The number of methoxy groups -OCH3 is 1. The van der Waals surface area contributed by atoms with E-state index in [1.807, 2.05) is 0 Å². The fraction of sp³-hybridized carbons (Fsp3) is 0.333. The average Bonchev–Trinajstić information content (AvgIpc) is 2.46. The van der Waals surface area contributed by atoms with Crippen LogP contribution in [0.4, 0.5) is 20.2 Å². The third kappa shape index (κ3) is 5.42. The topological polar surface area (TPSA) is 111 Å².